The maximum Gasteiger partial charge on any atom is 0.150 e. The van der Waals surface area contributed by atoms with Crippen LogP contribution in [0.5, 0.6) is 11.5 Å². The smallest absolute Gasteiger partial charge is 0.150 e. The van der Waals surface area contributed by atoms with Crippen molar-refractivity contribution in [2.45, 2.75) is 6.61 Å². The van der Waals surface area contributed by atoms with Gasteiger partial charge in [-0.25, -0.2) is 4.39 Å². The van der Waals surface area contributed by atoms with Crippen LogP contribution < -0.4 is 9.47 Å². The van der Waals surface area contributed by atoms with E-state index >= 15 is 0 Å². The summed E-state index contributed by atoms with van der Waals surface area (Å²) >= 11 is 3.38. The van der Waals surface area contributed by atoms with E-state index in [9.17, 15) is 9.18 Å². The predicted octanol–water partition coefficient (Wildman–Crippen LogP) is 3.99. The molecule has 20 heavy (non-hydrogen) atoms. The Morgan fingerprint density at radius 1 is 1.25 bits per heavy atom. The Balaban J connectivity index is 2.10. The van der Waals surface area contributed by atoms with Crippen LogP contribution in [0.25, 0.3) is 0 Å². The van der Waals surface area contributed by atoms with Crippen molar-refractivity contribution in [3.05, 3.63) is 57.8 Å². The number of carbonyl (C=O) groups is 1. The molecule has 0 unspecified atom stereocenters. The second-order valence-corrected chi connectivity index (χ2v) is 4.95. The molecule has 0 saturated carbocycles. The van der Waals surface area contributed by atoms with Crippen molar-refractivity contribution >= 4 is 22.2 Å². The van der Waals surface area contributed by atoms with Crippen LogP contribution in [0.4, 0.5) is 4.39 Å². The van der Waals surface area contributed by atoms with Crippen LogP contribution in [0.15, 0.2) is 40.9 Å². The van der Waals surface area contributed by atoms with E-state index < -0.39 is 5.82 Å². The maximum absolute atomic E-state index is 13.2. The molecule has 104 valence electrons. The molecule has 0 aliphatic rings. The number of halogens is 2. The lowest BCUT2D eigenvalue weighted by molar-refractivity contribution is 0.112. The summed E-state index contributed by atoms with van der Waals surface area (Å²) in [6.07, 6.45) is 0.583. The summed E-state index contributed by atoms with van der Waals surface area (Å²) < 4.78 is 24.7. The molecular formula is C15H12BrFO3. The fourth-order valence-corrected chi connectivity index (χ4v) is 2.29. The van der Waals surface area contributed by atoms with E-state index in [0.717, 1.165) is 21.9 Å². The summed E-state index contributed by atoms with van der Waals surface area (Å²) in [5.74, 6) is 0.544. The third kappa shape index (κ3) is 3.57. The first kappa shape index (κ1) is 14.5. The highest BCUT2D eigenvalue weighted by atomic mass is 79.9. The number of hydrogen-bond donors (Lipinski definition) is 0. The predicted molar refractivity (Wildman–Crippen MR) is 76.8 cm³/mol. The number of hydrogen-bond acceptors (Lipinski definition) is 3. The monoisotopic (exact) mass is 338 g/mol. The molecule has 0 aromatic heterocycles. The van der Waals surface area contributed by atoms with Gasteiger partial charge in [-0.3, -0.25) is 4.79 Å². The Labute approximate surface area is 124 Å². The SMILES string of the molecule is COc1ccc(COc2cc(F)cc(C=O)c2)cc1Br. The van der Waals surface area contributed by atoms with Gasteiger partial charge in [0.1, 0.15) is 30.2 Å². The van der Waals surface area contributed by atoms with Crippen molar-refractivity contribution in [3.63, 3.8) is 0 Å². The Morgan fingerprint density at radius 3 is 2.70 bits per heavy atom. The molecule has 0 radical (unpaired) electrons. The Hall–Kier alpha value is -1.88. The molecule has 2 aromatic carbocycles. The number of methoxy groups -OCH3 is 1. The molecule has 0 N–H and O–H groups in total. The zero-order valence-electron chi connectivity index (χ0n) is 10.7. The average Bonchev–Trinajstić information content (AvgIpc) is 2.44. The molecule has 0 atom stereocenters. The van der Waals surface area contributed by atoms with Gasteiger partial charge in [0.2, 0.25) is 0 Å². The highest BCUT2D eigenvalue weighted by Gasteiger charge is 2.04. The molecule has 0 bridgehead atoms. The standard InChI is InChI=1S/C15H12BrFO3/c1-19-15-3-2-10(6-14(15)16)9-20-13-5-11(8-18)4-12(17)7-13/h2-8H,9H2,1H3. The Morgan fingerprint density at radius 2 is 2.05 bits per heavy atom. The number of rotatable bonds is 5. The number of aldehydes is 1. The lowest BCUT2D eigenvalue weighted by atomic mass is 10.2. The van der Waals surface area contributed by atoms with Gasteiger partial charge in [-0.1, -0.05) is 6.07 Å². The molecule has 0 saturated heterocycles. The van der Waals surface area contributed by atoms with Gasteiger partial charge < -0.3 is 9.47 Å². The van der Waals surface area contributed by atoms with Crippen LogP contribution in [-0.2, 0) is 6.61 Å². The highest BCUT2D eigenvalue weighted by molar-refractivity contribution is 9.10. The van der Waals surface area contributed by atoms with E-state index in [-0.39, 0.29) is 12.2 Å². The minimum atomic E-state index is -0.500. The molecule has 5 heteroatoms. The van der Waals surface area contributed by atoms with Gasteiger partial charge in [0.05, 0.1) is 11.6 Å². The van der Waals surface area contributed by atoms with Gasteiger partial charge in [-0.2, -0.15) is 0 Å². The maximum atomic E-state index is 13.2. The molecule has 0 amide bonds. The van der Waals surface area contributed by atoms with E-state index in [1.54, 1.807) is 7.11 Å². The summed E-state index contributed by atoms with van der Waals surface area (Å²) in [5.41, 5.74) is 1.14. The van der Waals surface area contributed by atoms with Crippen molar-refractivity contribution < 1.29 is 18.7 Å². The zero-order valence-corrected chi connectivity index (χ0v) is 12.3. The van der Waals surface area contributed by atoms with Crippen molar-refractivity contribution in [3.8, 4) is 11.5 Å². The Bertz CT molecular complexity index is 629. The van der Waals surface area contributed by atoms with Gasteiger partial charge in [-0.15, -0.1) is 0 Å². The minimum absolute atomic E-state index is 0.246. The zero-order chi connectivity index (χ0) is 14.5. The normalized spacial score (nSPS) is 10.2. The minimum Gasteiger partial charge on any atom is -0.496 e. The molecule has 0 fully saturated rings. The second-order valence-electron chi connectivity index (χ2n) is 4.10. The third-order valence-electron chi connectivity index (χ3n) is 2.65. The summed E-state index contributed by atoms with van der Waals surface area (Å²) in [6, 6.07) is 9.41. The summed E-state index contributed by atoms with van der Waals surface area (Å²) in [5, 5.41) is 0. The molecule has 2 aromatic rings. The summed E-state index contributed by atoms with van der Waals surface area (Å²) in [4.78, 5) is 10.7. The van der Waals surface area contributed by atoms with Crippen molar-refractivity contribution in [1.29, 1.82) is 0 Å². The topological polar surface area (TPSA) is 35.5 Å². The van der Waals surface area contributed by atoms with Gasteiger partial charge in [0.15, 0.2) is 0 Å². The molecule has 0 aliphatic heterocycles. The average molecular weight is 339 g/mol. The van der Waals surface area contributed by atoms with Gasteiger partial charge >= 0.3 is 0 Å². The molecule has 0 heterocycles. The molecule has 0 spiro atoms. The van der Waals surface area contributed by atoms with E-state index in [4.69, 9.17) is 9.47 Å². The third-order valence-corrected chi connectivity index (χ3v) is 3.27. The fourth-order valence-electron chi connectivity index (χ4n) is 1.70. The molecule has 2 rings (SSSR count). The number of ether oxygens (including phenoxy) is 2. The fraction of sp³-hybridized carbons (Fsp3) is 0.133. The van der Waals surface area contributed by atoms with Gasteiger partial charge in [-0.05, 0) is 45.8 Å². The number of benzene rings is 2. The first-order valence-corrected chi connectivity index (χ1v) is 6.62. The van der Waals surface area contributed by atoms with Crippen LogP contribution in [-0.4, -0.2) is 13.4 Å². The van der Waals surface area contributed by atoms with Gasteiger partial charge in [0.25, 0.3) is 0 Å². The molecular weight excluding hydrogens is 327 g/mol. The van der Waals surface area contributed by atoms with E-state index in [1.165, 1.54) is 12.1 Å². The summed E-state index contributed by atoms with van der Waals surface area (Å²) in [7, 11) is 1.59. The van der Waals surface area contributed by atoms with E-state index in [1.807, 2.05) is 18.2 Å². The van der Waals surface area contributed by atoms with Crippen LogP contribution in [0.2, 0.25) is 0 Å². The van der Waals surface area contributed by atoms with Gasteiger partial charge in [0, 0.05) is 11.6 Å². The number of carbonyl (C=O) groups excluding carboxylic acids is 1. The van der Waals surface area contributed by atoms with Crippen LogP contribution in [0, 0.1) is 5.82 Å². The lowest BCUT2D eigenvalue weighted by Gasteiger charge is -2.09. The summed E-state index contributed by atoms with van der Waals surface area (Å²) in [6.45, 7) is 0.268. The lowest BCUT2D eigenvalue weighted by Crippen LogP contribution is -1.97. The van der Waals surface area contributed by atoms with Crippen LogP contribution in [0.1, 0.15) is 15.9 Å². The van der Waals surface area contributed by atoms with Crippen molar-refractivity contribution in [2.75, 3.05) is 7.11 Å². The van der Waals surface area contributed by atoms with Crippen molar-refractivity contribution in [1.82, 2.24) is 0 Å². The Kier molecular flexibility index (Phi) is 4.74. The highest BCUT2D eigenvalue weighted by Crippen LogP contribution is 2.26. The van der Waals surface area contributed by atoms with E-state index in [2.05, 4.69) is 15.9 Å². The van der Waals surface area contributed by atoms with E-state index in [0.29, 0.717) is 12.0 Å². The van der Waals surface area contributed by atoms with Crippen LogP contribution >= 0.6 is 15.9 Å². The first-order chi connectivity index (χ1) is 9.62. The van der Waals surface area contributed by atoms with Crippen molar-refractivity contribution in [2.24, 2.45) is 0 Å². The largest absolute Gasteiger partial charge is 0.496 e. The second kappa shape index (κ2) is 6.52. The quantitative estimate of drug-likeness (QED) is 0.773. The molecule has 0 aliphatic carbocycles. The first-order valence-electron chi connectivity index (χ1n) is 5.83. The molecule has 3 nitrogen and oxygen atoms in total. The van der Waals surface area contributed by atoms with Crippen LogP contribution in [0.3, 0.4) is 0 Å².